The summed E-state index contributed by atoms with van der Waals surface area (Å²) in [5, 5.41) is 11.3. The summed E-state index contributed by atoms with van der Waals surface area (Å²) >= 11 is 0. The fourth-order valence-corrected chi connectivity index (χ4v) is 3.64. The Morgan fingerprint density at radius 2 is 1.78 bits per heavy atom. The second-order valence-electron chi connectivity index (χ2n) is 6.66. The van der Waals surface area contributed by atoms with Gasteiger partial charge in [-0.3, -0.25) is 0 Å². The molecule has 1 N–H and O–H groups in total. The van der Waals surface area contributed by atoms with Gasteiger partial charge in [-0.1, -0.05) is 45.2 Å². The molecule has 0 bridgehead atoms. The van der Waals surface area contributed by atoms with Crippen molar-refractivity contribution in [3.8, 4) is 5.75 Å². The maximum absolute atomic E-state index is 13.4. The van der Waals surface area contributed by atoms with Crippen LogP contribution in [0.15, 0.2) is 24.3 Å². The van der Waals surface area contributed by atoms with Crippen molar-refractivity contribution >= 4 is 0 Å². The number of alkyl halides is 2. The van der Waals surface area contributed by atoms with E-state index >= 15 is 0 Å². The topological polar surface area (TPSA) is 29.5 Å². The number of hydrogen-bond donors (Lipinski definition) is 1. The quantitative estimate of drug-likeness (QED) is 0.751. The van der Waals surface area contributed by atoms with Gasteiger partial charge in [0.05, 0.1) is 12.5 Å². The fourth-order valence-electron chi connectivity index (χ4n) is 3.64. The summed E-state index contributed by atoms with van der Waals surface area (Å²) in [5.41, 5.74) is -0.890. The van der Waals surface area contributed by atoms with Gasteiger partial charge in [0.15, 0.2) is 0 Å². The molecular weight excluding hydrogens is 298 g/mol. The van der Waals surface area contributed by atoms with Crippen LogP contribution in [0, 0.1) is 11.8 Å². The van der Waals surface area contributed by atoms with Crippen molar-refractivity contribution < 1.29 is 18.6 Å². The predicted molar refractivity (Wildman–Crippen MR) is 87.9 cm³/mol. The van der Waals surface area contributed by atoms with Gasteiger partial charge in [0.1, 0.15) is 11.4 Å². The lowest BCUT2D eigenvalue weighted by Gasteiger charge is -2.43. The molecule has 0 aliphatic heterocycles. The van der Waals surface area contributed by atoms with Crippen LogP contribution in [0.2, 0.25) is 0 Å². The molecule has 130 valence electrons. The standard InChI is InChI=1S/C19H28F2O2/c1-3-13-23-17-11-9-16(10-12-17)19(22,14(2)18(20)21)15-7-5-4-6-8-15/h9-12,14-15,18,22H,3-8,13H2,1-2H3. The second-order valence-corrected chi connectivity index (χ2v) is 6.66. The van der Waals surface area contributed by atoms with Crippen LogP contribution in [0.5, 0.6) is 5.75 Å². The van der Waals surface area contributed by atoms with E-state index in [9.17, 15) is 13.9 Å². The Hall–Kier alpha value is -1.16. The zero-order valence-electron chi connectivity index (χ0n) is 14.1. The molecule has 0 saturated heterocycles. The summed E-state index contributed by atoms with van der Waals surface area (Å²) in [5.74, 6) is -0.484. The summed E-state index contributed by atoms with van der Waals surface area (Å²) in [6.07, 6.45) is 3.11. The molecule has 1 aromatic rings. The molecule has 0 heterocycles. The fraction of sp³-hybridized carbons (Fsp3) is 0.684. The van der Waals surface area contributed by atoms with Crippen LogP contribution in [-0.2, 0) is 5.60 Å². The lowest BCUT2D eigenvalue weighted by atomic mass is 9.67. The monoisotopic (exact) mass is 326 g/mol. The second kappa shape index (κ2) is 8.09. The van der Waals surface area contributed by atoms with E-state index in [1.54, 1.807) is 24.3 Å². The van der Waals surface area contributed by atoms with Crippen LogP contribution >= 0.6 is 0 Å². The summed E-state index contributed by atoms with van der Waals surface area (Å²) < 4.78 is 32.4. The molecule has 2 rings (SSSR count). The molecule has 0 aromatic heterocycles. The lowest BCUT2D eigenvalue weighted by molar-refractivity contribution is -0.128. The van der Waals surface area contributed by atoms with Gasteiger partial charge in [-0.2, -0.15) is 0 Å². The molecule has 0 amide bonds. The van der Waals surface area contributed by atoms with Crippen molar-refractivity contribution in [1.82, 2.24) is 0 Å². The van der Waals surface area contributed by atoms with Gasteiger partial charge in [-0.25, -0.2) is 8.78 Å². The van der Waals surface area contributed by atoms with Gasteiger partial charge in [-0.05, 0) is 42.9 Å². The molecule has 4 heteroatoms. The molecule has 2 unspecified atom stereocenters. The van der Waals surface area contributed by atoms with Crippen molar-refractivity contribution in [2.24, 2.45) is 11.8 Å². The average molecular weight is 326 g/mol. The highest BCUT2D eigenvalue weighted by Gasteiger charge is 2.46. The third kappa shape index (κ3) is 4.03. The summed E-state index contributed by atoms with van der Waals surface area (Å²) in [6.45, 7) is 4.11. The Kier molecular flexibility index (Phi) is 6.40. The molecule has 0 spiro atoms. The largest absolute Gasteiger partial charge is 0.494 e. The smallest absolute Gasteiger partial charge is 0.244 e. The Morgan fingerprint density at radius 3 is 2.30 bits per heavy atom. The first-order valence-electron chi connectivity index (χ1n) is 8.74. The molecule has 0 radical (unpaired) electrons. The zero-order valence-corrected chi connectivity index (χ0v) is 14.1. The van der Waals surface area contributed by atoms with E-state index in [1.165, 1.54) is 6.92 Å². The SMILES string of the molecule is CCCOc1ccc(C(O)(C2CCCCC2)C(C)C(F)F)cc1. The van der Waals surface area contributed by atoms with Gasteiger partial charge >= 0.3 is 0 Å². The van der Waals surface area contributed by atoms with Crippen LogP contribution in [0.3, 0.4) is 0 Å². The summed E-state index contributed by atoms with van der Waals surface area (Å²) in [7, 11) is 0. The molecule has 1 aliphatic rings. The van der Waals surface area contributed by atoms with Crippen molar-refractivity contribution in [3.63, 3.8) is 0 Å². The molecule has 23 heavy (non-hydrogen) atoms. The van der Waals surface area contributed by atoms with E-state index < -0.39 is 17.9 Å². The van der Waals surface area contributed by atoms with Crippen LogP contribution in [-0.4, -0.2) is 18.1 Å². The Labute approximate surface area is 137 Å². The summed E-state index contributed by atoms with van der Waals surface area (Å²) in [4.78, 5) is 0. The Bertz CT molecular complexity index is 469. The summed E-state index contributed by atoms with van der Waals surface area (Å²) in [6, 6.07) is 7.05. The third-order valence-electron chi connectivity index (χ3n) is 5.09. The molecule has 1 fully saturated rings. The van der Waals surface area contributed by atoms with E-state index in [0.717, 1.165) is 38.5 Å². The van der Waals surface area contributed by atoms with E-state index in [0.29, 0.717) is 17.9 Å². The number of ether oxygens (including phenoxy) is 1. The van der Waals surface area contributed by atoms with Gasteiger partial charge in [0.25, 0.3) is 0 Å². The van der Waals surface area contributed by atoms with Crippen LogP contribution < -0.4 is 4.74 Å². The minimum Gasteiger partial charge on any atom is -0.494 e. The minimum absolute atomic E-state index is 0.109. The highest BCUT2D eigenvalue weighted by Crippen LogP contribution is 2.46. The molecule has 1 saturated carbocycles. The van der Waals surface area contributed by atoms with E-state index in [-0.39, 0.29) is 5.92 Å². The molecular formula is C19H28F2O2. The lowest BCUT2D eigenvalue weighted by Crippen LogP contribution is -2.45. The number of aliphatic hydroxyl groups is 1. The van der Waals surface area contributed by atoms with E-state index in [2.05, 4.69) is 0 Å². The maximum atomic E-state index is 13.4. The van der Waals surface area contributed by atoms with Crippen LogP contribution in [0.1, 0.15) is 57.9 Å². The van der Waals surface area contributed by atoms with Gasteiger partial charge in [-0.15, -0.1) is 0 Å². The predicted octanol–water partition coefficient (Wildman–Crippen LogP) is 5.14. The third-order valence-corrected chi connectivity index (χ3v) is 5.09. The van der Waals surface area contributed by atoms with E-state index in [1.807, 2.05) is 6.92 Å². The highest BCUT2D eigenvalue weighted by atomic mass is 19.3. The molecule has 2 nitrogen and oxygen atoms in total. The average Bonchev–Trinajstić information content (AvgIpc) is 2.59. The number of hydrogen-bond acceptors (Lipinski definition) is 2. The van der Waals surface area contributed by atoms with Gasteiger partial charge in [0, 0.05) is 0 Å². The number of halogens is 2. The minimum atomic E-state index is -2.54. The van der Waals surface area contributed by atoms with Gasteiger partial charge < -0.3 is 9.84 Å². The van der Waals surface area contributed by atoms with Crippen LogP contribution in [0.25, 0.3) is 0 Å². The molecule has 1 aromatic carbocycles. The van der Waals surface area contributed by atoms with E-state index in [4.69, 9.17) is 4.74 Å². The van der Waals surface area contributed by atoms with Crippen molar-refractivity contribution in [1.29, 1.82) is 0 Å². The van der Waals surface area contributed by atoms with Crippen molar-refractivity contribution in [2.75, 3.05) is 6.61 Å². The normalized spacial score (nSPS) is 20.3. The molecule has 1 aliphatic carbocycles. The van der Waals surface area contributed by atoms with Crippen LogP contribution in [0.4, 0.5) is 8.78 Å². The Morgan fingerprint density at radius 1 is 1.17 bits per heavy atom. The molecule has 2 atom stereocenters. The zero-order chi connectivity index (χ0) is 16.9. The first kappa shape index (κ1) is 18.2. The maximum Gasteiger partial charge on any atom is 0.244 e. The number of benzene rings is 1. The first-order chi connectivity index (χ1) is 11.0. The number of rotatable bonds is 7. The highest BCUT2D eigenvalue weighted by molar-refractivity contribution is 5.32. The first-order valence-corrected chi connectivity index (χ1v) is 8.74. The van der Waals surface area contributed by atoms with Gasteiger partial charge in [0.2, 0.25) is 6.43 Å². The van der Waals surface area contributed by atoms with Crippen molar-refractivity contribution in [3.05, 3.63) is 29.8 Å². The Balaban J connectivity index is 2.28. The van der Waals surface area contributed by atoms with Crippen molar-refractivity contribution in [2.45, 2.75) is 64.4 Å².